The molecule has 0 spiro atoms. The van der Waals surface area contributed by atoms with Crippen LogP contribution in [0.15, 0.2) is 23.3 Å². The Balaban J connectivity index is 5.00. The van der Waals surface area contributed by atoms with Crippen molar-refractivity contribution < 1.29 is 26.3 Å². The highest BCUT2D eigenvalue weighted by Gasteiger charge is 2.44. The van der Waals surface area contributed by atoms with Gasteiger partial charge >= 0.3 is 12.0 Å². The highest BCUT2D eigenvalue weighted by Crippen LogP contribution is 2.36. The summed E-state index contributed by atoms with van der Waals surface area (Å²) in [6.45, 7) is 0. The van der Waals surface area contributed by atoms with Crippen LogP contribution in [0.2, 0.25) is 0 Å². The summed E-state index contributed by atoms with van der Waals surface area (Å²) in [4.78, 5) is 0. The second-order valence-corrected chi connectivity index (χ2v) is 1.82. The highest BCUT2D eigenvalue weighted by atomic mass is 35.5. The molecule has 12 heavy (non-hydrogen) atoms. The van der Waals surface area contributed by atoms with E-state index in [2.05, 4.69) is 11.6 Å². The smallest absolute Gasteiger partial charge is 0.204 e. The van der Waals surface area contributed by atoms with Gasteiger partial charge in [0, 0.05) is 5.54 Å². The lowest BCUT2D eigenvalue weighted by atomic mass is 10.3. The summed E-state index contributed by atoms with van der Waals surface area (Å²) in [6.07, 6.45) is -3.28. The standard InChI is InChI=1S/C5HClF6/c6-1-2(7)5(11,12)3(8)4(9)10/h1H/b2-1-. The summed E-state index contributed by atoms with van der Waals surface area (Å²) in [6, 6.07) is 0. The van der Waals surface area contributed by atoms with E-state index in [0.29, 0.717) is 0 Å². The zero-order valence-electron chi connectivity index (χ0n) is 5.22. The van der Waals surface area contributed by atoms with E-state index in [0.717, 1.165) is 0 Å². The van der Waals surface area contributed by atoms with E-state index in [1.165, 1.54) is 0 Å². The van der Waals surface area contributed by atoms with Crippen molar-refractivity contribution in [3.05, 3.63) is 23.3 Å². The first-order valence-corrected chi connectivity index (χ1v) is 2.83. The maximum atomic E-state index is 12.0. The molecule has 0 N–H and O–H groups in total. The zero-order chi connectivity index (χ0) is 9.94. The number of allylic oxidation sites excluding steroid dienone is 2. The summed E-state index contributed by atoms with van der Waals surface area (Å²) in [5.74, 6) is -10.6. The van der Waals surface area contributed by atoms with Gasteiger partial charge in [0.2, 0.25) is 5.83 Å². The summed E-state index contributed by atoms with van der Waals surface area (Å²) >= 11 is 4.43. The van der Waals surface area contributed by atoms with Gasteiger partial charge in [0.1, 0.15) is 0 Å². The molecule has 0 saturated heterocycles. The van der Waals surface area contributed by atoms with E-state index in [1.807, 2.05) is 0 Å². The topological polar surface area (TPSA) is 0 Å². The molecule has 7 heteroatoms. The van der Waals surface area contributed by atoms with Gasteiger partial charge in [-0.05, 0) is 0 Å². The Morgan fingerprint density at radius 3 is 1.75 bits per heavy atom. The Morgan fingerprint density at radius 2 is 1.50 bits per heavy atom. The van der Waals surface area contributed by atoms with E-state index in [-0.39, 0.29) is 5.54 Å². The predicted molar refractivity (Wildman–Crippen MR) is 30.3 cm³/mol. The molecule has 0 rings (SSSR count). The lowest BCUT2D eigenvalue weighted by Crippen LogP contribution is -2.18. The van der Waals surface area contributed by atoms with Crippen LogP contribution in [-0.4, -0.2) is 5.92 Å². The predicted octanol–water partition coefficient (Wildman–Crippen LogP) is 3.75. The molecule has 70 valence electrons. The summed E-state index contributed by atoms with van der Waals surface area (Å²) in [5.41, 5.74) is -0.317. The third kappa shape index (κ3) is 2.17. The van der Waals surface area contributed by atoms with Gasteiger partial charge < -0.3 is 0 Å². The molecule has 0 aromatic carbocycles. The second kappa shape index (κ2) is 3.84. The van der Waals surface area contributed by atoms with E-state index >= 15 is 0 Å². The molecule has 0 amide bonds. The van der Waals surface area contributed by atoms with Gasteiger partial charge in [0.15, 0.2) is 5.83 Å². The summed E-state index contributed by atoms with van der Waals surface area (Å²) < 4.78 is 70.1. The number of alkyl halides is 2. The molecule has 0 unspecified atom stereocenters. The molecule has 0 aliphatic carbocycles. The quantitative estimate of drug-likeness (QED) is 0.609. The lowest BCUT2D eigenvalue weighted by molar-refractivity contribution is 0.0269. The molecule has 0 nitrogen and oxygen atoms in total. The Bertz CT molecular complexity index is 226. The first kappa shape index (κ1) is 11.4. The third-order valence-corrected chi connectivity index (χ3v) is 1.03. The molecule has 0 bridgehead atoms. The van der Waals surface area contributed by atoms with Crippen LogP contribution in [0.25, 0.3) is 0 Å². The van der Waals surface area contributed by atoms with Gasteiger partial charge in [0.25, 0.3) is 0 Å². The van der Waals surface area contributed by atoms with Gasteiger partial charge in [-0.3, -0.25) is 0 Å². The van der Waals surface area contributed by atoms with Crippen LogP contribution in [0.3, 0.4) is 0 Å². The summed E-state index contributed by atoms with van der Waals surface area (Å²) in [5, 5.41) is 0. The zero-order valence-corrected chi connectivity index (χ0v) is 5.98. The van der Waals surface area contributed by atoms with E-state index < -0.39 is 23.7 Å². The maximum Gasteiger partial charge on any atom is 0.355 e. The van der Waals surface area contributed by atoms with Gasteiger partial charge in [-0.25, -0.2) is 4.39 Å². The molecule has 0 radical (unpaired) electrons. The van der Waals surface area contributed by atoms with Gasteiger partial charge in [0.05, 0.1) is 0 Å². The van der Waals surface area contributed by atoms with Crippen LogP contribution in [0.5, 0.6) is 0 Å². The first-order chi connectivity index (χ1) is 5.34. The fourth-order valence-corrected chi connectivity index (χ4v) is 0.429. The normalized spacial score (nSPS) is 13.1. The van der Waals surface area contributed by atoms with Crippen molar-refractivity contribution in [1.82, 2.24) is 0 Å². The summed E-state index contributed by atoms with van der Waals surface area (Å²) in [7, 11) is 0. The Labute approximate surface area is 68.1 Å². The molecule has 0 heterocycles. The SMILES string of the molecule is FC(F)=C(F)C(F)(F)/C(F)=C/Cl. The fraction of sp³-hybridized carbons (Fsp3) is 0.200. The van der Waals surface area contributed by atoms with E-state index in [4.69, 9.17) is 0 Å². The lowest BCUT2D eigenvalue weighted by Gasteiger charge is -2.09. The van der Waals surface area contributed by atoms with Crippen LogP contribution >= 0.6 is 11.6 Å². The minimum atomic E-state index is -4.99. The van der Waals surface area contributed by atoms with Crippen LogP contribution in [0.4, 0.5) is 26.3 Å². The Hall–Kier alpha value is -0.650. The van der Waals surface area contributed by atoms with Crippen molar-refractivity contribution in [3.8, 4) is 0 Å². The van der Waals surface area contributed by atoms with E-state index in [9.17, 15) is 26.3 Å². The first-order valence-electron chi connectivity index (χ1n) is 2.39. The minimum absolute atomic E-state index is 0.317. The fourth-order valence-electron chi connectivity index (χ4n) is 0.292. The van der Waals surface area contributed by atoms with Crippen molar-refractivity contribution in [1.29, 1.82) is 0 Å². The van der Waals surface area contributed by atoms with Crippen molar-refractivity contribution in [3.63, 3.8) is 0 Å². The molecule has 0 aliphatic heterocycles. The highest BCUT2D eigenvalue weighted by molar-refractivity contribution is 6.25. The molecule has 0 aliphatic rings. The van der Waals surface area contributed by atoms with Crippen molar-refractivity contribution in [2.24, 2.45) is 0 Å². The number of halogens is 7. The molecular weight excluding hydrogens is 209 g/mol. The second-order valence-electron chi connectivity index (χ2n) is 1.61. The number of hydrogen-bond donors (Lipinski definition) is 0. The van der Waals surface area contributed by atoms with Crippen LogP contribution in [0, 0.1) is 0 Å². The van der Waals surface area contributed by atoms with Crippen LogP contribution < -0.4 is 0 Å². The Morgan fingerprint density at radius 1 is 1.08 bits per heavy atom. The number of hydrogen-bond acceptors (Lipinski definition) is 0. The van der Waals surface area contributed by atoms with Crippen LogP contribution in [0.1, 0.15) is 0 Å². The average molecular weight is 211 g/mol. The largest absolute Gasteiger partial charge is 0.355 e. The maximum absolute atomic E-state index is 12.0. The van der Waals surface area contributed by atoms with Gasteiger partial charge in [-0.2, -0.15) is 22.0 Å². The molecule has 0 aromatic rings. The molecule has 0 aromatic heterocycles. The van der Waals surface area contributed by atoms with Crippen molar-refractivity contribution in [2.45, 2.75) is 5.92 Å². The molecular formula is C5HClF6. The van der Waals surface area contributed by atoms with Crippen molar-refractivity contribution >= 4 is 11.6 Å². The monoisotopic (exact) mass is 210 g/mol. The van der Waals surface area contributed by atoms with E-state index in [1.54, 1.807) is 0 Å². The number of rotatable bonds is 2. The molecule has 0 fully saturated rings. The molecule has 0 saturated carbocycles. The Kier molecular flexibility index (Phi) is 3.63. The molecule has 0 atom stereocenters. The van der Waals surface area contributed by atoms with Gasteiger partial charge in [-0.1, -0.05) is 11.6 Å². The minimum Gasteiger partial charge on any atom is -0.204 e. The third-order valence-electron chi connectivity index (χ3n) is 0.837. The average Bonchev–Trinajstić information content (AvgIpc) is 2.01. The van der Waals surface area contributed by atoms with Crippen LogP contribution in [-0.2, 0) is 0 Å². The van der Waals surface area contributed by atoms with Crippen molar-refractivity contribution in [2.75, 3.05) is 0 Å². The van der Waals surface area contributed by atoms with Gasteiger partial charge in [-0.15, -0.1) is 0 Å².